The van der Waals surface area contributed by atoms with Crippen molar-refractivity contribution in [2.75, 3.05) is 0 Å². The number of aromatic nitrogens is 2. The molecule has 0 saturated heterocycles. The van der Waals surface area contributed by atoms with Crippen molar-refractivity contribution in [2.45, 2.75) is 31.0 Å². The van der Waals surface area contributed by atoms with E-state index in [4.69, 9.17) is 9.52 Å². The molecule has 0 spiro atoms. The van der Waals surface area contributed by atoms with E-state index in [1.54, 1.807) is 17.4 Å². The molecule has 1 N–H and O–H groups in total. The molecule has 0 fully saturated rings. The molecule has 4 rings (SSSR count). The highest BCUT2D eigenvalue weighted by Crippen LogP contribution is 2.39. The van der Waals surface area contributed by atoms with E-state index in [0.29, 0.717) is 11.5 Å². The van der Waals surface area contributed by atoms with Crippen molar-refractivity contribution in [1.29, 1.82) is 0 Å². The number of carboxylic acid groups (broad SMARTS) is 1. The Morgan fingerprint density at radius 2 is 1.96 bits per heavy atom. The van der Waals surface area contributed by atoms with Crippen LogP contribution < -0.4 is 0 Å². The standard InChI is InChI=1S/C21H18N2O3S2/c1-3-13-4-6-14(7-5-13)16-11-28-20-18(16)19(22-12(2)23-20)27-10-15-8-9-17(26-15)21(24)25/h4-9,11H,3,10H2,1-2H3,(H,24,25). The van der Waals surface area contributed by atoms with Crippen LogP contribution in [-0.4, -0.2) is 21.0 Å². The van der Waals surface area contributed by atoms with Gasteiger partial charge in [-0.3, -0.25) is 0 Å². The van der Waals surface area contributed by atoms with Crippen molar-refractivity contribution in [3.8, 4) is 11.1 Å². The summed E-state index contributed by atoms with van der Waals surface area (Å²) in [7, 11) is 0. The van der Waals surface area contributed by atoms with E-state index in [1.165, 1.54) is 23.4 Å². The maximum atomic E-state index is 11.0. The summed E-state index contributed by atoms with van der Waals surface area (Å²) >= 11 is 3.14. The fourth-order valence-corrected chi connectivity index (χ4v) is 5.00. The van der Waals surface area contributed by atoms with Crippen LogP contribution >= 0.6 is 23.1 Å². The number of aromatic carboxylic acids is 1. The number of hydrogen-bond donors (Lipinski definition) is 1. The van der Waals surface area contributed by atoms with Crippen molar-refractivity contribution in [1.82, 2.24) is 9.97 Å². The fourth-order valence-electron chi connectivity index (χ4n) is 2.96. The fraction of sp³-hybridized carbons (Fsp3) is 0.190. The van der Waals surface area contributed by atoms with Crippen molar-refractivity contribution in [2.24, 2.45) is 0 Å². The Labute approximate surface area is 170 Å². The van der Waals surface area contributed by atoms with Crippen molar-refractivity contribution < 1.29 is 14.3 Å². The lowest BCUT2D eigenvalue weighted by molar-refractivity contribution is 0.0661. The minimum absolute atomic E-state index is 0.0492. The molecule has 3 heterocycles. The molecule has 142 valence electrons. The molecule has 3 aromatic heterocycles. The van der Waals surface area contributed by atoms with E-state index < -0.39 is 5.97 Å². The second-order valence-electron chi connectivity index (χ2n) is 6.32. The highest BCUT2D eigenvalue weighted by Gasteiger charge is 2.16. The Bertz CT molecular complexity index is 1150. The number of rotatable bonds is 6. The molecule has 0 unspecified atom stereocenters. The van der Waals surface area contributed by atoms with Crippen LogP contribution in [0, 0.1) is 6.92 Å². The summed E-state index contributed by atoms with van der Waals surface area (Å²) in [6.07, 6.45) is 1.01. The van der Waals surface area contributed by atoms with Gasteiger partial charge < -0.3 is 9.52 Å². The van der Waals surface area contributed by atoms with Gasteiger partial charge in [-0.15, -0.1) is 11.3 Å². The van der Waals surface area contributed by atoms with Gasteiger partial charge in [-0.05, 0) is 36.6 Å². The Morgan fingerprint density at radius 3 is 2.64 bits per heavy atom. The maximum absolute atomic E-state index is 11.0. The number of thiophene rings is 1. The van der Waals surface area contributed by atoms with Gasteiger partial charge in [0.05, 0.1) is 11.1 Å². The average Bonchev–Trinajstić information content (AvgIpc) is 3.33. The second kappa shape index (κ2) is 7.77. The second-order valence-corrected chi connectivity index (χ2v) is 8.14. The summed E-state index contributed by atoms with van der Waals surface area (Å²) in [6, 6.07) is 11.7. The van der Waals surface area contributed by atoms with Crippen LogP contribution in [0.3, 0.4) is 0 Å². The van der Waals surface area contributed by atoms with E-state index in [9.17, 15) is 4.79 Å². The van der Waals surface area contributed by atoms with Gasteiger partial charge in [-0.25, -0.2) is 14.8 Å². The van der Waals surface area contributed by atoms with Crippen molar-refractivity contribution >= 4 is 39.3 Å². The summed E-state index contributed by atoms with van der Waals surface area (Å²) in [6.45, 7) is 4.03. The van der Waals surface area contributed by atoms with Crippen molar-refractivity contribution in [3.63, 3.8) is 0 Å². The number of hydrogen-bond acceptors (Lipinski definition) is 6. The van der Waals surface area contributed by atoms with Crippen LogP contribution in [0.1, 0.15) is 34.6 Å². The highest BCUT2D eigenvalue weighted by molar-refractivity contribution is 7.98. The van der Waals surface area contributed by atoms with Gasteiger partial charge in [0.2, 0.25) is 5.76 Å². The molecule has 0 bridgehead atoms. The zero-order chi connectivity index (χ0) is 19.7. The van der Waals surface area contributed by atoms with Gasteiger partial charge in [0.25, 0.3) is 0 Å². The third kappa shape index (κ3) is 3.68. The number of benzene rings is 1. The zero-order valence-electron chi connectivity index (χ0n) is 15.4. The molecule has 28 heavy (non-hydrogen) atoms. The lowest BCUT2D eigenvalue weighted by Gasteiger charge is -2.07. The Kier molecular flexibility index (Phi) is 5.19. The number of fused-ring (bicyclic) bond motifs is 1. The summed E-state index contributed by atoms with van der Waals surface area (Å²) < 4.78 is 5.37. The summed E-state index contributed by atoms with van der Waals surface area (Å²) in [5.74, 6) is 0.716. The Balaban J connectivity index is 1.70. The Hall–Kier alpha value is -2.64. The molecule has 7 heteroatoms. The first-order valence-corrected chi connectivity index (χ1v) is 10.7. The normalized spacial score (nSPS) is 11.2. The predicted octanol–water partition coefficient (Wildman–Crippen LogP) is 5.81. The molecule has 0 aliphatic rings. The summed E-state index contributed by atoms with van der Waals surface area (Å²) in [5.41, 5.74) is 3.57. The van der Waals surface area contributed by atoms with E-state index in [1.807, 2.05) is 6.92 Å². The first-order chi connectivity index (χ1) is 13.5. The number of furan rings is 1. The van der Waals surface area contributed by atoms with Crippen molar-refractivity contribution in [3.05, 3.63) is 64.7 Å². The number of thioether (sulfide) groups is 1. The predicted molar refractivity (Wildman–Crippen MR) is 112 cm³/mol. The molecule has 4 aromatic rings. The SMILES string of the molecule is CCc1ccc(-c2csc3nc(C)nc(SCc4ccc(C(=O)O)o4)c23)cc1. The summed E-state index contributed by atoms with van der Waals surface area (Å²) in [4.78, 5) is 21.2. The van der Waals surface area contributed by atoms with Crippen LogP contribution in [0.4, 0.5) is 0 Å². The smallest absolute Gasteiger partial charge is 0.371 e. The number of carboxylic acids is 1. The highest BCUT2D eigenvalue weighted by atomic mass is 32.2. The quantitative estimate of drug-likeness (QED) is 0.319. The number of aryl methyl sites for hydroxylation is 2. The molecule has 0 aliphatic carbocycles. The number of nitrogens with zero attached hydrogens (tertiary/aromatic N) is 2. The molecular weight excluding hydrogens is 392 g/mol. The largest absolute Gasteiger partial charge is 0.475 e. The van der Waals surface area contributed by atoms with E-state index in [0.717, 1.165) is 38.6 Å². The van der Waals surface area contributed by atoms with Crippen LogP contribution in [-0.2, 0) is 12.2 Å². The van der Waals surface area contributed by atoms with Gasteiger partial charge >= 0.3 is 5.97 Å². The maximum Gasteiger partial charge on any atom is 0.371 e. The molecule has 5 nitrogen and oxygen atoms in total. The van der Waals surface area contributed by atoms with E-state index in [-0.39, 0.29) is 5.76 Å². The van der Waals surface area contributed by atoms with Gasteiger partial charge in [0.15, 0.2) is 0 Å². The van der Waals surface area contributed by atoms with Crippen LogP contribution in [0.2, 0.25) is 0 Å². The minimum atomic E-state index is -1.06. The molecule has 0 radical (unpaired) electrons. The number of carbonyl (C=O) groups is 1. The minimum Gasteiger partial charge on any atom is -0.475 e. The van der Waals surface area contributed by atoms with Crippen LogP contribution in [0.25, 0.3) is 21.3 Å². The van der Waals surface area contributed by atoms with Crippen LogP contribution in [0.15, 0.2) is 51.2 Å². The van der Waals surface area contributed by atoms with E-state index >= 15 is 0 Å². The molecule has 0 atom stereocenters. The lowest BCUT2D eigenvalue weighted by atomic mass is 10.0. The average molecular weight is 411 g/mol. The van der Waals surface area contributed by atoms with Gasteiger partial charge in [0, 0.05) is 10.9 Å². The van der Waals surface area contributed by atoms with Gasteiger partial charge in [-0.2, -0.15) is 0 Å². The summed E-state index contributed by atoms with van der Waals surface area (Å²) in [5, 5.41) is 13.1. The Morgan fingerprint density at radius 1 is 1.18 bits per heavy atom. The molecular formula is C21H18N2O3S2. The van der Waals surface area contributed by atoms with E-state index in [2.05, 4.69) is 46.5 Å². The zero-order valence-corrected chi connectivity index (χ0v) is 17.1. The van der Waals surface area contributed by atoms with Crippen LogP contribution in [0.5, 0.6) is 0 Å². The first kappa shape index (κ1) is 18.7. The molecule has 1 aromatic carbocycles. The monoisotopic (exact) mass is 410 g/mol. The third-order valence-corrected chi connectivity index (χ3v) is 6.28. The van der Waals surface area contributed by atoms with Gasteiger partial charge in [-0.1, -0.05) is 43.0 Å². The molecule has 0 aliphatic heterocycles. The lowest BCUT2D eigenvalue weighted by Crippen LogP contribution is -1.93. The topological polar surface area (TPSA) is 76.2 Å². The first-order valence-electron chi connectivity index (χ1n) is 8.85. The molecule has 0 saturated carbocycles. The molecule has 0 amide bonds. The van der Waals surface area contributed by atoms with Gasteiger partial charge in [0.1, 0.15) is 21.4 Å². The third-order valence-electron chi connectivity index (χ3n) is 4.41.